The van der Waals surface area contributed by atoms with Crippen molar-refractivity contribution in [1.29, 1.82) is 0 Å². The van der Waals surface area contributed by atoms with Gasteiger partial charge in [-0.25, -0.2) is 25.3 Å². The maximum Gasteiger partial charge on any atom is 0.253 e. The van der Waals surface area contributed by atoms with E-state index < -0.39 is 41.3 Å². The van der Waals surface area contributed by atoms with Crippen LogP contribution in [0.3, 0.4) is 0 Å². The van der Waals surface area contributed by atoms with Gasteiger partial charge in [0, 0.05) is 18.8 Å². The van der Waals surface area contributed by atoms with E-state index in [-0.39, 0.29) is 6.04 Å². The number of hydrogen-bond donors (Lipinski definition) is 0. The predicted octanol–water partition coefficient (Wildman–Crippen LogP) is -0.810. The van der Waals surface area contributed by atoms with Gasteiger partial charge >= 0.3 is 0 Å². The highest BCUT2D eigenvalue weighted by molar-refractivity contribution is 8.28. The lowest BCUT2D eigenvalue weighted by Gasteiger charge is -2.32. The first kappa shape index (κ1) is 17.1. The molecular weight excluding hydrogens is 304 g/mol. The molecule has 0 aliphatic rings. The molecule has 104 valence electrons. The number of rotatable bonds is 5. The molecule has 0 aliphatic heterocycles. The standard InChI is InChI=1S/C7H18O6S3Si/c1-6-17(5)7(14(2,8)9,15(3,10)11)16(4,12)13/h17H,6H2,1-5H3. The van der Waals surface area contributed by atoms with Gasteiger partial charge in [-0.15, -0.1) is 0 Å². The maximum atomic E-state index is 11.8. The summed E-state index contributed by atoms with van der Waals surface area (Å²) in [5, 5.41) is 0. The molecule has 0 aromatic carbocycles. The van der Waals surface area contributed by atoms with Gasteiger partial charge in [0.1, 0.15) is 0 Å². The predicted molar refractivity (Wildman–Crippen MR) is 70.8 cm³/mol. The van der Waals surface area contributed by atoms with Crippen LogP contribution in [0.1, 0.15) is 6.92 Å². The summed E-state index contributed by atoms with van der Waals surface area (Å²) in [6.07, 6.45) is 2.02. The fourth-order valence-electron chi connectivity index (χ4n) is 2.17. The molecule has 0 spiro atoms. The lowest BCUT2D eigenvalue weighted by molar-refractivity contribution is 0.573. The minimum Gasteiger partial charge on any atom is -0.227 e. The number of hydrogen-bond acceptors (Lipinski definition) is 6. The molecule has 1 unspecified atom stereocenters. The highest BCUT2D eigenvalue weighted by Gasteiger charge is 2.62. The van der Waals surface area contributed by atoms with Crippen LogP contribution >= 0.6 is 0 Å². The van der Waals surface area contributed by atoms with E-state index >= 15 is 0 Å². The monoisotopic (exact) mass is 322 g/mol. The SMILES string of the molecule is CC[SiH](C)C(S(C)(=O)=O)(S(C)(=O)=O)S(C)(=O)=O. The van der Waals surface area contributed by atoms with E-state index in [2.05, 4.69) is 0 Å². The van der Waals surface area contributed by atoms with Gasteiger partial charge in [0.15, 0.2) is 29.5 Å². The second-order valence-electron chi connectivity index (χ2n) is 4.23. The van der Waals surface area contributed by atoms with E-state index in [9.17, 15) is 25.3 Å². The van der Waals surface area contributed by atoms with Crippen LogP contribution in [0.25, 0.3) is 0 Å². The van der Waals surface area contributed by atoms with Crippen molar-refractivity contribution < 1.29 is 25.3 Å². The van der Waals surface area contributed by atoms with E-state index in [1.165, 1.54) is 6.55 Å². The van der Waals surface area contributed by atoms with Crippen LogP contribution in [-0.2, 0) is 29.5 Å². The highest BCUT2D eigenvalue weighted by atomic mass is 32.3. The van der Waals surface area contributed by atoms with Gasteiger partial charge < -0.3 is 0 Å². The maximum absolute atomic E-state index is 11.8. The molecule has 0 bridgehead atoms. The smallest absolute Gasteiger partial charge is 0.227 e. The fraction of sp³-hybridized carbons (Fsp3) is 1.00. The zero-order valence-electron chi connectivity index (χ0n) is 10.5. The summed E-state index contributed by atoms with van der Waals surface area (Å²) in [5.41, 5.74) is 0. The van der Waals surface area contributed by atoms with Gasteiger partial charge in [-0.2, -0.15) is 0 Å². The van der Waals surface area contributed by atoms with Gasteiger partial charge in [0.2, 0.25) is 0 Å². The topological polar surface area (TPSA) is 102 Å². The molecule has 0 saturated carbocycles. The minimum absolute atomic E-state index is 0.257. The van der Waals surface area contributed by atoms with Crippen molar-refractivity contribution in [2.45, 2.75) is 22.5 Å². The summed E-state index contributed by atoms with van der Waals surface area (Å²) in [5.74, 6) is 0. The first-order valence-electron chi connectivity index (χ1n) is 4.82. The summed E-state index contributed by atoms with van der Waals surface area (Å²) < 4.78 is 68.3. The van der Waals surface area contributed by atoms with Crippen molar-refractivity contribution in [2.24, 2.45) is 0 Å². The molecule has 0 rings (SSSR count). The van der Waals surface area contributed by atoms with Gasteiger partial charge in [0.05, 0.1) is 8.80 Å². The molecule has 1 atom stereocenters. The summed E-state index contributed by atoms with van der Waals surface area (Å²) in [4.78, 5) is 0. The Morgan fingerprint density at radius 1 is 0.824 bits per heavy atom. The molecule has 6 nitrogen and oxygen atoms in total. The lowest BCUT2D eigenvalue weighted by atomic mass is 11.0. The third-order valence-electron chi connectivity index (χ3n) is 2.77. The summed E-state index contributed by atoms with van der Waals surface area (Å²) >= 11 is 0. The number of sulfone groups is 3. The second kappa shape index (κ2) is 4.63. The molecule has 10 heteroatoms. The first-order valence-corrected chi connectivity index (χ1v) is 13.0. The van der Waals surface area contributed by atoms with E-state index in [1.54, 1.807) is 6.92 Å². The normalized spacial score (nSPS) is 16.8. The molecule has 0 N–H and O–H groups in total. The zero-order valence-corrected chi connectivity index (χ0v) is 14.1. The van der Waals surface area contributed by atoms with Crippen LogP contribution in [0.5, 0.6) is 0 Å². The van der Waals surface area contributed by atoms with E-state index in [0.29, 0.717) is 18.8 Å². The molecule has 0 amide bonds. The molecule has 0 saturated heterocycles. The Balaban J connectivity index is 6.82. The van der Waals surface area contributed by atoms with E-state index in [0.717, 1.165) is 0 Å². The van der Waals surface area contributed by atoms with Crippen LogP contribution in [0.4, 0.5) is 0 Å². The summed E-state index contributed by atoms with van der Waals surface area (Å²) in [6.45, 7) is 3.05. The Morgan fingerprint density at radius 3 is 1.12 bits per heavy atom. The molecule has 0 aliphatic carbocycles. The third kappa shape index (κ3) is 2.59. The van der Waals surface area contributed by atoms with Gasteiger partial charge in [-0.3, -0.25) is 0 Å². The second-order valence-corrected chi connectivity index (χ2v) is 16.3. The van der Waals surface area contributed by atoms with Crippen molar-refractivity contribution >= 4 is 38.3 Å². The third-order valence-corrected chi connectivity index (χ3v) is 21.2. The Hall–Kier alpha value is 0.0669. The van der Waals surface area contributed by atoms with Crippen LogP contribution in [0, 0.1) is 0 Å². The molecule has 0 fully saturated rings. The minimum atomic E-state index is -4.27. The Labute approximate surface area is 105 Å². The highest BCUT2D eigenvalue weighted by Crippen LogP contribution is 2.34. The van der Waals surface area contributed by atoms with Crippen LogP contribution in [0.15, 0.2) is 0 Å². The molecule has 0 aromatic heterocycles. The van der Waals surface area contributed by atoms with Crippen molar-refractivity contribution in [3.8, 4) is 0 Å². The molecule has 0 aromatic rings. The average molecular weight is 323 g/mol. The molecule has 0 heterocycles. The Kier molecular flexibility index (Phi) is 4.65. The first-order chi connectivity index (χ1) is 7.23. The zero-order chi connectivity index (χ0) is 14.3. The summed E-state index contributed by atoms with van der Waals surface area (Å²) in [7, 11) is -15.4. The van der Waals surface area contributed by atoms with Gasteiger partial charge in [0.25, 0.3) is 3.03 Å². The lowest BCUT2D eigenvalue weighted by Crippen LogP contribution is -2.60. The van der Waals surface area contributed by atoms with Crippen molar-refractivity contribution in [1.82, 2.24) is 0 Å². The molecular formula is C7H18O6S3Si. The van der Waals surface area contributed by atoms with Crippen molar-refractivity contribution in [2.75, 3.05) is 18.8 Å². The van der Waals surface area contributed by atoms with Gasteiger partial charge in [-0.1, -0.05) is 19.5 Å². The Morgan fingerprint density at radius 2 is 1.06 bits per heavy atom. The van der Waals surface area contributed by atoms with Crippen LogP contribution in [-0.4, -0.2) is 55.9 Å². The largest absolute Gasteiger partial charge is 0.253 e. The van der Waals surface area contributed by atoms with E-state index in [1.807, 2.05) is 0 Å². The van der Waals surface area contributed by atoms with Crippen molar-refractivity contribution in [3.05, 3.63) is 0 Å². The van der Waals surface area contributed by atoms with Crippen molar-refractivity contribution in [3.63, 3.8) is 0 Å². The Bertz CT molecular complexity index is 507. The van der Waals surface area contributed by atoms with Gasteiger partial charge in [-0.05, 0) is 0 Å². The summed E-state index contributed by atoms with van der Waals surface area (Å²) in [6, 6.07) is 0.257. The van der Waals surface area contributed by atoms with Crippen LogP contribution in [0.2, 0.25) is 12.6 Å². The molecule has 0 radical (unpaired) electrons. The molecule has 17 heavy (non-hydrogen) atoms. The average Bonchev–Trinajstić information content (AvgIpc) is 1.95. The fourth-order valence-corrected chi connectivity index (χ4v) is 19.5. The van der Waals surface area contributed by atoms with Crippen LogP contribution < -0.4 is 0 Å². The quantitative estimate of drug-likeness (QED) is 0.613. The van der Waals surface area contributed by atoms with E-state index in [4.69, 9.17) is 0 Å².